The van der Waals surface area contributed by atoms with Gasteiger partial charge in [0.15, 0.2) is 0 Å². The van der Waals surface area contributed by atoms with Gasteiger partial charge in [-0.2, -0.15) is 0 Å². The van der Waals surface area contributed by atoms with Crippen LogP contribution in [-0.2, 0) is 0 Å². The second-order valence-electron chi connectivity index (χ2n) is 11.8. The Bertz CT molecular complexity index is 2610. The Hall–Kier alpha value is -5.51. The normalized spacial score (nSPS) is 12.4. The predicted octanol–water partition coefficient (Wildman–Crippen LogP) is 11.7. The molecule has 0 saturated carbocycles. The average Bonchev–Trinajstić information content (AvgIpc) is 3.63. The van der Waals surface area contributed by atoms with Crippen molar-refractivity contribution in [2.45, 2.75) is 9.79 Å². The van der Waals surface area contributed by atoms with Crippen molar-refractivity contribution in [3.63, 3.8) is 0 Å². The van der Waals surface area contributed by atoms with Crippen LogP contribution in [-0.4, -0.2) is 9.13 Å². The molecule has 0 bridgehead atoms. The summed E-state index contributed by atoms with van der Waals surface area (Å²) < 4.78 is 5.00. The molecule has 9 aromatic rings. The number of rotatable bonds is 3. The van der Waals surface area contributed by atoms with Gasteiger partial charge in [0.25, 0.3) is 0 Å². The summed E-state index contributed by atoms with van der Waals surface area (Å²) in [6, 6.07) is 57.6. The van der Waals surface area contributed by atoms with Gasteiger partial charge >= 0.3 is 0 Å². The van der Waals surface area contributed by atoms with Gasteiger partial charge in [0, 0.05) is 31.6 Å². The third-order valence-electron chi connectivity index (χ3n) is 9.28. The van der Waals surface area contributed by atoms with Crippen molar-refractivity contribution in [1.29, 1.82) is 0 Å². The highest BCUT2D eigenvalue weighted by Gasteiger charge is 2.29. The molecule has 1 aliphatic rings. The lowest BCUT2D eigenvalue weighted by molar-refractivity contribution is 1.03. The molecule has 0 radical (unpaired) electrons. The van der Waals surface area contributed by atoms with Crippen LogP contribution in [0.2, 0.25) is 0 Å². The van der Waals surface area contributed by atoms with Gasteiger partial charge in [0.1, 0.15) is 5.65 Å². The van der Waals surface area contributed by atoms with Gasteiger partial charge in [-0.25, -0.2) is 0 Å². The van der Waals surface area contributed by atoms with Crippen molar-refractivity contribution in [2.75, 3.05) is 0 Å². The number of benzene rings is 7. The Balaban J connectivity index is 1.31. The van der Waals surface area contributed by atoms with Crippen molar-refractivity contribution in [3.8, 4) is 33.6 Å². The minimum atomic E-state index is 1.16. The Morgan fingerprint density at radius 1 is 0.444 bits per heavy atom. The van der Waals surface area contributed by atoms with E-state index < -0.39 is 0 Å². The fourth-order valence-corrected chi connectivity index (χ4v) is 8.45. The number of fused-ring (bicyclic) bond motifs is 8. The molecular formula is C42H26N2S. The van der Waals surface area contributed by atoms with E-state index in [-0.39, 0.29) is 0 Å². The molecule has 0 unspecified atom stereocenters. The molecule has 0 N–H and O–H groups in total. The zero-order valence-electron chi connectivity index (χ0n) is 24.3. The van der Waals surface area contributed by atoms with E-state index in [4.69, 9.17) is 0 Å². The van der Waals surface area contributed by atoms with Crippen LogP contribution < -0.4 is 0 Å². The van der Waals surface area contributed by atoms with Gasteiger partial charge in [-0.1, -0.05) is 127 Å². The van der Waals surface area contributed by atoms with Crippen LogP contribution in [0.25, 0.3) is 77.2 Å². The van der Waals surface area contributed by atoms with Crippen molar-refractivity contribution in [3.05, 3.63) is 158 Å². The molecule has 210 valence electrons. The topological polar surface area (TPSA) is 9.86 Å². The van der Waals surface area contributed by atoms with E-state index in [9.17, 15) is 0 Å². The maximum absolute atomic E-state index is 2.53. The molecule has 3 heteroatoms. The first-order chi connectivity index (χ1) is 22.3. The van der Waals surface area contributed by atoms with Crippen LogP contribution in [0.5, 0.6) is 0 Å². The summed E-state index contributed by atoms with van der Waals surface area (Å²) >= 11 is 1.88. The molecule has 2 aromatic heterocycles. The molecule has 0 amide bonds. The fourth-order valence-electron chi connectivity index (χ4n) is 7.32. The highest BCUT2D eigenvalue weighted by Crippen LogP contribution is 2.51. The molecule has 1 aliphatic heterocycles. The quantitative estimate of drug-likeness (QED) is 0.199. The maximum atomic E-state index is 2.53. The predicted molar refractivity (Wildman–Crippen MR) is 190 cm³/mol. The highest BCUT2D eigenvalue weighted by atomic mass is 32.2. The maximum Gasteiger partial charge on any atom is 0.131 e. The lowest BCUT2D eigenvalue weighted by Gasteiger charge is -2.22. The van der Waals surface area contributed by atoms with Crippen molar-refractivity contribution < 1.29 is 0 Å². The summed E-state index contributed by atoms with van der Waals surface area (Å²) in [6.07, 6.45) is 0. The van der Waals surface area contributed by atoms with Gasteiger partial charge in [0.2, 0.25) is 0 Å². The first-order valence-corrected chi connectivity index (χ1v) is 16.2. The zero-order valence-corrected chi connectivity index (χ0v) is 25.1. The van der Waals surface area contributed by atoms with Crippen LogP contribution in [0.15, 0.2) is 168 Å². The molecule has 10 rings (SSSR count). The molecule has 45 heavy (non-hydrogen) atoms. The number of hydrogen-bond acceptors (Lipinski definition) is 1. The van der Waals surface area contributed by atoms with Crippen molar-refractivity contribution in [2.24, 2.45) is 0 Å². The second kappa shape index (κ2) is 9.49. The standard InChI is InChI=1S/C42H26N2S/c1-3-12-28(13-4-1)33-17-9-19-36-39(33)40-34-18-10-20-37-41(34)44(42(40)43(36)32-15-5-2-6-16-32)35-24-23-31(26-38(35)45-37)30-22-21-27-11-7-8-14-29(27)25-30/h1-26H. The van der Waals surface area contributed by atoms with E-state index >= 15 is 0 Å². The highest BCUT2D eigenvalue weighted by molar-refractivity contribution is 7.99. The molecule has 0 saturated heterocycles. The van der Waals surface area contributed by atoms with E-state index in [1.54, 1.807) is 0 Å². The molecule has 0 fully saturated rings. The summed E-state index contributed by atoms with van der Waals surface area (Å²) in [5.74, 6) is 0. The summed E-state index contributed by atoms with van der Waals surface area (Å²) in [5, 5.41) is 6.42. The Kier molecular flexibility index (Phi) is 5.25. The van der Waals surface area contributed by atoms with Gasteiger partial charge < -0.3 is 0 Å². The van der Waals surface area contributed by atoms with Crippen LogP contribution in [0, 0.1) is 0 Å². The summed E-state index contributed by atoms with van der Waals surface area (Å²) in [7, 11) is 0. The minimum absolute atomic E-state index is 1.16. The van der Waals surface area contributed by atoms with Gasteiger partial charge in [-0.05, 0) is 75.5 Å². The minimum Gasteiger partial charge on any atom is -0.295 e. The van der Waals surface area contributed by atoms with Crippen LogP contribution in [0.4, 0.5) is 0 Å². The lowest BCUT2D eigenvalue weighted by atomic mass is 9.99. The first kappa shape index (κ1) is 24.9. The summed E-state index contributed by atoms with van der Waals surface area (Å²) in [5.41, 5.74) is 11.1. The average molecular weight is 591 g/mol. The van der Waals surface area contributed by atoms with E-state index in [0.29, 0.717) is 0 Å². The Labute approximate surface area is 264 Å². The third-order valence-corrected chi connectivity index (χ3v) is 10.4. The molecule has 0 atom stereocenters. The Morgan fingerprint density at radius 3 is 2.04 bits per heavy atom. The number of aromatic nitrogens is 2. The third kappa shape index (κ3) is 3.59. The lowest BCUT2D eigenvalue weighted by Crippen LogP contribution is -2.05. The SMILES string of the molecule is c1ccc(-c2cccc3c2c2c4cccc5c4n(c2n3-c2ccccc2)-c2ccc(-c3ccc4ccccc4c3)cc2S5)cc1. The molecule has 3 heterocycles. The Morgan fingerprint density at radius 2 is 1.18 bits per heavy atom. The second-order valence-corrected chi connectivity index (χ2v) is 12.9. The van der Waals surface area contributed by atoms with E-state index in [0.717, 1.165) is 5.69 Å². The van der Waals surface area contributed by atoms with Crippen molar-refractivity contribution in [1.82, 2.24) is 9.13 Å². The van der Waals surface area contributed by atoms with E-state index in [1.165, 1.54) is 81.3 Å². The fraction of sp³-hybridized carbons (Fsp3) is 0. The van der Waals surface area contributed by atoms with Crippen LogP contribution in [0.3, 0.4) is 0 Å². The monoisotopic (exact) mass is 590 g/mol. The van der Waals surface area contributed by atoms with Gasteiger partial charge in [-0.3, -0.25) is 9.13 Å². The van der Waals surface area contributed by atoms with Gasteiger partial charge in [0.05, 0.1) is 16.7 Å². The van der Waals surface area contributed by atoms with E-state index in [1.807, 2.05) is 11.8 Å². The largest absolute Gasteiger partial charge is 0.295 e. The summed E-state index contributed by atoms with van der Waals surface area (Å²) in [4.78, 5) is 2.56. The van der Waals surface area contributed by atoms with Crippen LogP contribution in [0.1, 0.15) is 0 Å². The number of para-hydroxylation sites is 2. The number of hydrogen-bond donors (Lipinski definition) is 0. The smallest absolute Gasteiger partial charge is 0.131 e. The summed E-state index contributed by atoms with van der Waals surface area (Å²) in [6.45, 7) is 0. The molecule has 7 aromatic carbocycles. The van der Waals surface area contributed by atoms with Crippen LogP contribution >= 0.6 is 11.8 Å². The molecule has 2 nitrogen and oxygen atoms in total. The number of nitrogens with zero attached hydrogens (tertiary/aromatic N) is 2. The zero-order chi connectivity index (χ0) is 29.5. The van der Waals surface area contributed by atoms with E-state index in [2.05, 4.69) is 167 Å². The first-order valence-electron chi connectivity index (χ1n) is 15.4. The van der Waals surface area contributed by atoms with Gasteiger partial charge in [-0.15, -0.1) is 0 Å². The molecule has 0 spiro atoms. The molecular weight excluding hydrogens is 565 g/mol. The van der Waals surface area contributed by atoms with Crippen molar-refractivity contribution >= 4 is 55.4 Å². The molecule has 0 aliphatic carbocycles.